The van der Waals surface area contributed by atoms with E-state index < -0.39 is 62.6 Å². The van der Waals surface area contributed by atoms with E-state index in [-0.39, 0.29) is 118 Å². The van der Waals surface area contributed by atoms with Crippen LogP contribution in [0.2, 0.25) is 0 Å². The Kier molecular flexibility index (Phi) is 39.9. The first kappa shape index (κ1) is 63.7. The van der Waals surface area contributed by atoms with Crippen molar-refractivity contribution in [2.24, 2.45) is 0 Å². The molecule has 40 heavy (non-hydrogen) atoms. The zero-order valence-corrected chi connectivity index (χ0v) is 22.8. The molecule has 0 amide bonds. The van der Waals surface area contributed by atoms with Crippen molar-refractivity contribution in [3.05, 3.63) is 0 Å². The number of hydrogen-bond acceptors (Lipinski definition) is 12. The first-order valence-corrected chi connectivity index (χ1v) is 18.4. The number of hydrogen-bond donors (Lipinski definition) is 16. The SMILES string of the molecule is O=P(O)(O)OP(=O)(O)O.O=P(O)(O)OP(=O)(O)O.O=P(O)(O)OP(=O)(O)O.O=P(O)(O)OP(=O)(O)O.[NaH].[NaH].[NaH].[NaH]. The van der Waals surface area contributed by atoms with Crippen molar-refractivity contribution in [3.63, 3.8) is 0 Å². The summed E-state index contributed by atoms with van der Waals surface area (Å²) >= 11 is 0. The summed E-state index contributed by atoms with van der Waals surface area (Å²) in [6, 6.07) is 0. The molecule has 0 aromatic rings. The summed E-state index contributed by atoms with van der Waals surface area (Å²) in [7, 11) is -40.4. The summed E-state index contributed by atoms with van der Waals surface area (Å²) < 4.78 is 88.8. The fourth-order valence-corrected chi connectivity index (χ4v) is 4.99. The summed E-state index contributed by atoms with van der Waals surface area (Å²) in [5, 5.41) is 0. The number of phosphoric acid groups is 8. The van der Waals surface area contributed by atoms with Crippen LogP contribution in [-0.2, 0) is 53.8 Å². The molecule has 0 unspecified atom stereocenters. The summed E-state index contributed by atoms with van der Waals surface area (Å²) in [5.41, 5.74) is 0. The van der Waals surface area contributed by atoms with Crippen molar-refractivity contribution in [3.8, 4) is 0 Å². The molecule has 0 atom stereocenters. The summed E-state index contributed by atoms with van der Waals surface area (Å²) in [4.78, 5) is 124. The zero-order chi connectivity index (χ0) is 30.8. The molecule has 0 aromatic carbocycles. The van der Waals surface area contributed by atoms with Gasteiger partial charge in [0.2, 0.25) is 0 Å². The maximum absolute atomic E-state index is 9.63. The van der Waals surface area contributed by atoms with Gasteiger partial charge in [0.1, 0.15) is 0 Å². The van der Waals surface area contributed by atoms with Crippen LogP contribution >= 0.6 is 62.6 Å². The molecule has 16 N–H and O–H groups in total. The molecule has 0 aliphatic rings. The van der Waals surface area contributed by atoms with Crippen molar-refractivity contribution in [1.82, 2.24) is 0 Å². The Hall–Kier alpha value is 5.04. The van der Waals surface area contributed by atoms with Crippen LogP contribution < -0.4 is 0 Å². The third-order valence-electron chi connectivity index (χ3n) is 0.851. The molecule has 0 aliphatic carbocycles. The quantitative estimate of drug-likeness (QED) is 0.0802. The van der Waals surface area contributed by atoms with Gasteiger partial charge in [0.25, 0.3) is 0 Å². The first-order chi connectivity index (χ1) is 14.8. The molecule has 0 aliphatic heterocycles. The van der Waals surface area contributed by atoms with E-state index >= 15 is 0 Å². The first-order valence-electron chi connectivity index (χ1n) is 6.12. The van der Waals surface area contributed by atoms with E-state index in [9.17, 15) is 36.5 Å². The van der Waals surface area contributed by atoms with Gasteiger partial charge in [-0.2, -0.15) is 17.2 Å². The molecule has 0 saturated carbocycles. The van der Waals surface area contributed by atoms with Gasteiger partial charge in [-0.15, -0.1) is 0 Å². The van der Waals surface area contributed by atoms with E-state index in [0.29, 0.717) is 0 Å². The maximum atomic E-state index is 9.63. The summed E-state index contributed by atoms with van der Waals surface area (Å²) in [6.45, 7) is 0. The van der Waals surface area contributed by atoms with E-state index in [2.05, 4.69) is 17.2 Å². The Balaban J connectivity index is -0.0000000551. The number of rotatable bonds is 8. The Morgan fingerprint density at radius 1 is 0.225 bits per heavy atom. The second-order valence-electron chi connectivity index (χ2n) is 4.25. The summed E-state index contributed by atoms with van der Waals surface area (Å²) in [5.74, 6) is 0. The summed E-state index contributed by atoms with van der Waals surface area (Å²) in [6.07, 6.45) is 0. The van der Waals surface area contributed by atoms with Crippen LogP contribution in [0.25, 0.3) is 0 Å². The zero-order valence-electron chi connectivity index (χ0n) is 15.6. The average Bonchev–Trinajstić information content (AvgIpc) is 2.19. The molecular formula is H20Na4O28P8. The van der Waals surface area contributed by atoms with Crippen molar-refractivity contribution >= 4 is 181 Å². The molecule has 28 nitrogen and oxygen atoms in total. The van der Waals surface area contributed by atoms with Crippen molar-refractivity contribution in [2.45, 2.75) is 0 Å². The van der Waals surface area contributed by atoms with E-state index in [1.165, 1.54) is 0 Å². The van der Waals surface area contributed by atoms with Gasteiger partial charge < -0.3 is 78.3 Å². The van der Waals surface area contributed by atoms with E-state index in [1.807, 2.05) is 0 Å². The van der Waals surface area contributed by atoms with Crippen LogP contribution in [0.15, 0.2) is 0 Å². The molecule has 0 aromatic heterocycles. The molecule has 0 bridgehead atoms. The second kappa shape index (κ2) is 25.1. The average molecular weight is 808 g/mol. The Morgan fingerprint density at radius 3 is 0.275 bits per heavy atom. The van der Waals surface area contributed by atoms with Gasteiger partial charge in [-0.05, 0) is 0 Å². The topological polar surface area (TPSA) is 497 Å². The van der Waals surface area contributed by atoms with Gasteiger partial charge in [-0.25, -0.2) is 36.5 Å². The molecule has 0 fully saturated rings. The minimum absolute atomic E-state index is 0. The van der Waals surface area contributed by atoms with Gasteiger partial charge >= 0.3 is 181 Å². The van der Waals surface area contributed by atoms with Crippen LogP contribution in [0.4, 0.5) is 0 Å². The predicted molar refractivity (Wildman–Crippen MR) is 129 cm³/mol. The third kappa shape index (κ3) is 90.2. The van der Waals surface area contributed by atoms with Crippen LogP contribution in [0.1, 0.15) is 0 Å². The monoisotopic (exact) mass is 808 g/mol. The second-order valence-corrected chi connectivity index (χ2v) is 14.7. The Morgan fingerprint density at radius 2 is 0.275 bits per heavy atom. The van der Waals surface area contributed by atoms with Gasteiger partial charge in [-0.3, -0.25) is 0 Å². The van der Waals surface area contributed by atoms with Crippen LogP contribution in [-0.4, -0.2) is 197 Å². The minimum atomic E-state index is -5.05. The normalized spacial score (nSPS) is 12.4. The molecule has 0 saturated heterocycles. The van der Waals surface area contributed by atoms with Gasteiger partial charge in [0.15, 0.2) is 0 Å². The van der Waals surface area contributed by atoms with Crippen LogP contribution in [0.3, 0.4) is 0 Å². The fraction of sp³-hybridized carbons (Fsp3) is 0. The van der Waals surface area contributed by atoms with E-state index in [4.69, 9.17) is 78.3 Å². The van der Waals surface area contributed by atoms with Gasteiger partial charge in [0, 0.05) is 0 Å². The molecule has 0 spiro atoms. The molecule has 0 heterocycles. The van der Waals surface area contributed by atoms with Crippen molar-refractivity contribution in [1.29, 1.82) is 0 Å². The van der Waals surface area contributed by atoms with Crippen LogP contribution in [0, 0.1) is 0 Å². The molecule has 0 rings (SSSR count). The molecule has 40 heteroatoms. The van der Waals surface area contributed by atoms with Gasteiger partial charge in [-0.1, -0.05) is 0 Å². The third-order valence-corrected chi connectivity index (χ3v) is 7.66. The Bertz CT molecular complexity index is 776. The van der Waals surface area contributed by atoms with E-state index in [0.717, 1.165) is 0 Å². The molecular weight excluding hydrogens is 788 g/mol. The van der Waals surface area contributed by atoms with Gasteiger partial charge in [0.05, 0.1) is 0 Å². The molecule has 0 radical (unpaired) electrons. The Labute approximate surface area is 309 Å². The fourth-order valence-electron chi connectivity index (χ4n) is 0.554. The standard InChI is InChI=1S/4Na.4H4O7P2.4H/c;;;;4*1-8(2,3)7-9(4,5)6;;;;/h;;;;4*(H2,1,2,3)(H2,4,5,6);;;;. The van der Waals surface area contributed by atoms with Crippen LogP contribution in [0.5, 0.6) is 0 Å². The van der Waals surface area contributed by atoms with Crippen molar-refractivity contribution < 1.29 is 132 Å². The van der Waals surface area contributed by atoms with Crippen molar-refractivity contribution in [2.75, 3.05) is 0 Å². The molecule has 232 valence electrons. The van der Waals surface area contributed by atoms with E-state index in [1.54, 1.807) is 0 Å². The predicted octanol–water partition coefficient (Wildman–Crippen LogP) is -5.84.